The third-order valence-corrected chi connectivity index (χ3v) is 2.21. The van der Waals surface area contributed by atoms with Crippen molar-refractivity contribution in [1.82, 2.24) is 10.7 Å². The highest BCUT2D eigenvalue weighted by Crippen LogP contribution is 1.99. The molecular weight excluding hydrogens is 192 g/mol. The molecule has 0 aromatic carbocycles. The fraction of sp³-hybridized carbons (Fsp3) is 0.900. The summed E-state index contributed by atoms with van der Waals surface area (Å²) in [5, 5.41) is 3.12. The van der Waals surface area contributed by atoms with E-state index in [9.17, 15) is 0 Å². The molecule has 0 saturated carbocycles. The Morgan fingerprint density at radius 3 is 2.80 bits per heavy atom. The van der Waals surface area contributed by atoms with Crippen LogP contribution in [0.4, 0.5) is 0 Å². The van der Waals surface area contributed by atoms with Gasteiger partial charge in [-0.1, -0.05) is 20.3 Å². The molecule has 0 heterocycles. The lowest BCUT2D eigenvalue weighted by molar-refractivity contribution is 0.195. The minimum absolute atomic E-state index is 0.592. The normalized spacial score (nSPS) is 13.7. The molecule has 0 saturated heterocycles. The van der Waals surface area contributed by atoms with Crippen LogP contribution in [0.3, 0.4) is 0 Å². The first-order chi connectivity index (χ1) is 7.24. The molecule has 1 atom stereocenters. The molecule has 90 valence electrons. The van der Waals surface area contributed by atoms with Crippen LogP contribution in [-0.4, -0.2) is 32.8 Å². The number of hydrogen-bond acceptors (Lipinski definition) is 3. The van der Waals surface area contributed by atoms with Crippen LogP contribution in [0.5, 0.6) is 0 Å². The molecule has 1 unspecified atom stereocenters. The smallest absolute Gasteiger partial charge is 0.205 e. The van der Waals surface area contributed by atoms with Crippen LogP contribution in [0.25, 0.3) is 0 Å². The van der Waals surface area contributed by atoms with Crippen molar-refractivity contribution in [3.8, 4) is 0 Å². The van der Waals surface area contributed by atoms with Gasteiger partial charge in [-0.15, -0.1) is 0 Å². The Kier molecular flexibility index (Phi) is 9.21. The molecule has 0 spiro atoms. The van der Waals surface area contributed by atoms with Crippen LogP contribution < -0.4 is 16.6 Å². The van der Waals surface area contributed by atoms with E-state index in [0.29, 0.717) is 11.9 Å². The topological polar surface area (TPSA) is 71.7 Å². The number of hydrogen-bond donors (Lipinski definition) is 3. The van der Waals surface area contributed by atoms with Gasteiger partial charge in [-0.2, -0.15) is 0 Å². The van der Waals surface area contributed by atoms with Crippen molar-refractivity contribution >= 4 is 5.96 Å². The zero-order chi connectivity index (χ0) is 11.5. The fourth-order valence-corrected chi connectivity index (χ4v) is 0.952. The molecule has 4 N–H and O–H groups in total. The van der Waals surface area contributed by atoms with Crippen molar-refractivity contribution in [3.63, 3.8) is 0 Å². The van der Waals surface area contributed by atoms with E-state index in [-0.39, 0.29) is 0 Å². The lowest BCUT2D eigenvalue weighted by atomic mass is 10.1. The number of nitrogens with one attached hydrogen (secondary N) is 2. The molecule has 0 aromatic rings. The van der Waals surface area contributed by atoms with Crippen molar-refractivity contribution in [1.29, 1.82) is 0 Å². The van der Waals surface area contributed by atoms with Gasteiger partial charge in [0, 0.05) is 26.8 Å². The van der Waals surface area contributed by atoms with E-state index in [4.69, 9.17) is 10.6 Å². The molecule has 0 aromatic heterocycles. The van der Waals surface area contributed by atoms with E-state index in [0.717, 1.165) is 32.5 Å². The minimum atomic E-state index is 0.592. The first kappa shape index (κ1) is 14.2. The Hall–Kier alpha value is -0.810. The van der Waals surface area contributed by atoms with Crippen molar-refractivity contribution in [3.05, 3.63) is 0 Å². The maximum Gasteiger partial charge on any atom is 0.205 e. The average molecular weight is 216 g/mol. The molecule has 0 amide bonds. The Labute approximate surface area is 92.4 Å². The molecule has 0 bridgehead atoms. The number of methoxy groups -OCH3 is 1. The first-order valence-electron chi connectivity index (χ1n) is 5.48. The van der Waals surface area contributed by atoms with Gasteiger partial charge in [0.05, 0.1) is 0 Å². The van der Waals surface area contributed by atoms with Crippen LogP contribution >= 0.6 is 0 Å². The summed E-state index contributed by atoms with van der Waals surface area (Å²) in [4.78, 5) is 4.34. The number of aliphatic imine (C=N–C) groups is 1. The Morgan fingerprint density at radius 1 is 1.53 bits per heavy atom. The molecule has 0 aliphatic carbocycles. The van der Waals surface area contributed by atoms with E-state index in [1.165, 1.54) is 0 Å². The minimum Gasteiger partial charge on any atom is -0.385 e. The number of guanidine groups is 1. The summed E-state index contributed by atoms with van der Waals surface area (Å²) in [6.45, 7) is 6.69. The van der Waals surface area contributed by atoms with E-state index in [1.54, 1.807) is 7.11 Å². The van der Waals surface area contributed by atoms with Crippen LogP contribution in [-0.2, 0) is 4.74 Å². The van der Waals surface area contributed by atoms with Gasteiger partial charge in [0.2, 0.25) is 5.96 Å². The largest absolute Gasteiger partial charge is 0.385 e. The third-order valence-electron chi connectivity index (χ3n) is 2.21. The van der Waals surface area contributed by atoms with Gasteiger partial charge in [0.1, 0.15) is 0 Å². The van der Waals surface area contributed by atoms with Crippen LogP contribution in [0.15, 0.2) is 4.99 Å². The van der Waals surface area contributed by atoms with Gasteiger partial charge in [-0.25, -0.2) is 5.84 Å². The van der Waals surface area contributed by atoms with Gasteiger partial charge in [-0.05, 0) is 12.3 Å². The van der Waals surface area contributed by atoms with Crippen molar-refractivity contribution in [2.45, 2.75) is 26.7 Å². The monoisotopic (exact) mass is 216 g/mol. The third kappa shape index (κ3) is 8.20. The number of hydrazine groups is 1. The molecule has 0 aliphatic rings. The molecule has 15 heavy (non-hydrogen) atoms. The summed E-state index contributed by atoms with van der Waals surface area (Å²) in [6.07, 6.45) is 2.07. The maximum absolute atomic E-state index is 5.34. The molecule has 0 fully saturated rings. The number of ether oxygens (including phenoxy) is 1. The SMILES string of the molecule is CCC(C)CN=C(NN)NCCCOC. The van der Waals surface area contributed by atoms with Gasteiger partial charge in [-0.3, -0.25) is 10.4 Å². The van der Waals surface area contributed by atoms with Gasteiger partial charge in [0.25, 0.3) is 0 Å². The zero-order valence-corrected chi connectivity index (χ0v) is 10.0. The maximum atomic E-state index is 5.34. The molecule has 5 heteroatoms. The van der Waals surface area contributed by atoms with Crippen LogP contribution in [0.2, 0.25) is 0 Å². The Balaban J connectivity index is 3.70. The second kappa shape index (κ2) is 9.73. The van der Waals surface area contributed by atoms with Crippen molar-refractivity contribution in [2.24, 2.45) is 16.8 Å². The van der Waals surface area contributed by atoms with E-state index >= 15 is 0 Å². The predicted molar refractivity (Wildman–Crippen MR) is 63.6 cm³/mol. The second-order valence-corrected chi connectivity index (χ2v) is 3.62. The summed E-state index contributed by atoms with van der Waals surface area (Å²) >= 11 is 0. The summed E-state index contributed by atoms with van der Waals surface area (Å²) in [7, 11) is 1.69. The fourth-order valence-electron chi connectivity index (χ4n) is 0.952. The average Bonchev–Trinajstić information content (AvgIpc) is 2.27. The molecular formula is C10H24N4O. The zero-order valence-electron chi connectivity index (χ0n) is 10.0. The van der Waals surface area contributed by atoms with Crippen molar-refractivity contribution < 1.29 is 4.74 Å². The molecule has 5 nitrogen and oxygen atoms in total. The highest BCUT2D eigenvalue weighted by molar-refractivity contribution is 5.79. The summed E-state index contributed by atoms with van der Waals surface area (Å²) in [6, 6.07) is 0. The van der Waals surface area contributed by atoms with Crippen LogP contribution in [0, 0.1) is 5.92 Å². The van der Waals surface area contributed by atoms with Gasteiger partial charge in [0.15, 0.2) is 0 Å². The highest BCUT2D eigenvalue weighted by Gasteiger charge is 1.98. The second-order valence-electron chi connectivity index (χ2n) is 3.62. The van der Waals surface area contributed by atoms with Crippen LogP contribution in [0.1, 0.15) is 26.7 Å². The summed E-state index contributed by atoms with van der Waals surface area (Å²) in [5.74, 6) is 6.59. The number of nitrogens with zero attached hydrogens (tertiary/aromatic N) is 1. The van der Waals surface area contributed by atoms with Gasteiger partial charge < -0.3 is 10.1 Å². The quantitative estimate of drug-likeness (QED) is 0.190. The van der Waals surface area contributed by atoms with E-state index < -0.39 is 0 Å². The number of rotatable bonds is 7. The summed E-state index contributed by atoms with van der Waals surface area (Å²) < 4.78 is 4.94. The van der Waals surface area contributed by atoms with Crippen molar-refractivity contribution in [2.75, 3.05) is 26.8 Å². The Bertz CT molecular complexity index is 173. The van der Waals surface area contributed by atoms with E-state index in [2.05, 4.69) is 29.6 Å². The molecule has 0 aliphatic heterocycles. The summed E-state index contributed by atoms with van der Waals surface area (Å²) in [5.41, 5.74) is 2.56. The standard InChI is InChI=1S/C10H24N4O/c1-4-9(2)8-13-10(14-11)12-6-5-7-15-3/h9H,4-8,11H2,1-3H3,(H2,12,13,14). The molecule has 0 radical (unpaired) electrons. The Morgan fingerprint density at radius 2 is 2.27 bits per heavy atom. The van der Waals surface area contributed by atoms with E-state index in [1.807, 2.05) is 0 Å². The lowest BCUT2D eigenvalue weighted by Crippen LogP contribution is -2.42. The number of nitrogens with two attached hydrogens (primary N) is 1. The first-order valence-corrected chi connectivity index (χ1v) is 5.48. The van der Waals surface area contributed by atoms with Gasteiger partial charge >= 0.3 is 0 Å². The highest BCUT2D eigenvalue weighted by atomic mass is 16.5. The lowest BCUT2D eigenvalue weighted by Gasteiger charge is -2.10. The predicted octanol–water partition coefficient (Wildman–Crippen LogP) is 0.478. The molecule has 0 rings (SSSR count).